The van der Waals surface area contributed by atoms with Crippen LogP contribution in [0.1, 0.15) is 55.3 Å². The quantitative estimate of drug-likeness (QED) is 0.844. The van der Waals surface area contributed by atoms with E-state index in [-0.39, 0.29) is 6.04 Å². The monoisotopic (exact) mass is 340 g/mol. The van der Waals surface area contributed by atoms with Crippen molar-refractivity contribution in [2.24, 2.45) is 7.05 Å². The van der Waals surface area contributed by atoms with Crippen LogP contribution in [0.3, 0.4) is 0 Å². The highest BCUT2D eigenvalue weighted by Crippen LogP contribution is 2.32. The number of fused-ring (bicyclic) bond motifs is 1. The molecule has 0 saturated carbocycles. The van der Waals surface area contributed by atoms with Crippen molar-refractivity contribution in [1.29, 1.82) is 0 Å². The zero-order chi connectivity index (χ0) is 18.0. The first-order valence-electron chi connectivity index (χ1n) is 8.67. The zero-order valence-electron chi connectivity index (χ0n) is 14.9. The van der Waals surface area contributed by atoms with Crippen molar-refractivity contribution in [3.63, 3.8) is 0 Å². The van der Waals surface area contributed by atoms with E-state index >= 15 is 0 Å². The van der Waals surface area contributed by atoms with Crippen LogP contribution in [0, 0.1) is 0 Å². The molecule has 2 amide bonds. The third-order valence-corrected chi connectivity index (χ3v) is 4.63. The van der Waals surface area contributed by atoms with E-state index in [1.165, 1.54) is 17.3 Å². The van der Waals surface area contributed by atoms with Crippen LogP contribution < -0.4 is 10.6 Å². The van der Waals surface area contributed by atoms with Gasteiger partial charge in [0, 0.05) is 13.2 Å². The number of hydrogen-bond acceptors (Lipinski definition) is 3. The van der Waals surface area contributed by atoms with Gasteiger partial charge in [-0.3, -0.25) is 14.3 Å². The number of nitrogens with zero attached hydrogens (tertiary/aromatic N) is 2. The summed E-state index contributed by atoms with van der Waals surface area (Å²) in [5, 5.41) is 9.43. The van der Waals surface area contributed by atoms with E-state index in [4.69, 9.17) is 0 Å². The number of aryl methyl sites for hydroxylation is 2. The molecule has 1 aliphatic carbocycles. The molecule has 132 valence electrons. The summed E-state index contributed by atoms with van der Waals surface area (Å²) in [5.74, 6) is -0.853. The van der Waals surface area contributed by atoms with Gasteiger partial charge < -0.3 is 10.6 Å². The molecule has 1 aromatic carbocycles. The highest BCUT2D eigenvalue weighted by atomic mass is 16.2. The minimum Gasteiger partial charge on any atom is -0.341 e. The summed E-state index contributed by atoms with van der Waals surface area (Å²) < 4.78 is 1.57. The fraction of sp³-hybridized carbons (Fsp3) is 0.421. The molecule has 0 unspecified atom stereocenters. The zero-order valence-corrected chi connectivity index (χ0v) is 14.9. The third kappa shape index (κ3) is 3.90. The number of rotatable bonds is 3. The van der Waals surface area contributed by atoms with Crippen molar-refractivity contribution in [2.45, 2.75) is 45.1 Å². The summed E-state index contributed by atoms with van der Waals surface area (Å²) in [5.41, 5.74) is 4.15. The molecule has 2 aromatic rings. The number of nitrogens with one attached hydrogen (secondary N) is 2. The molecule has 0 spiro atoms. The molecule has 6 heteroatoms. The predicted octanol–water partition coefficient (Wildman–Crippen LogP) is 2.68. The Morgan fingerprint density at radius 3 is 2.76 bits per heavy atom. The number of aromatic nitrogens is 2. The molecular formula is C19H24N4O2. The lowest BCUT2D eigenvalue weighted by Crippen LogP contribution is -2.39. The Balaban J connectivity index is 1.72. The average molecular weight is 340 g/mol. The molecule has 2 N–H and O–H groups in total. The van der Waals surface area contributed by atoms with Gasteiger partial charge in [0.05, 0.1) is 17.9 Å². The van der Waals surface area contributed by atoms with Crippen LogP contribution >= 0.6 is 0 Å². The lowest BCUT2D eigenvalue weighted by Gasteiger charge is -2.27. The number of carbonyl (C=O) groups excluding carboxylic acids is 2. The normalized spacial score (nSPS) is 16.4. The van der Waals surface area contributed by atoms with Crippen molar-refractivity contribution >= 4 is 17.5 Å². The van der Waals surface area contributed by atoms with Gasteiger partial charge in [0.2, 0.25) is 0 Å². The number of carbonyl (C=O) groups is 2. The van der Waals surface area contributed by atoms with Crippen molar-refractivity contribution in [1.82, 2.24) is 15.1 Å². The summed E-state index contributed by atoms with van der Waals surface area (Å²) >= 11 is 0. The Labute approximate surface area is 147 Å². The molecule has 0 saturated heterocycles. The molecule has 1 aliphatic rings. The first-order chi connectivity index (χ1) is 11.9. The van der Waals surface area contributed by atoms with Crippen molar-refractivity contribution in [3.05, 3.63) is 47.3 Å². The average Bonchev–Trinajstić information content (AvgIpc) is 2.99. The number of benzene rings is 1. The first kappa shape index (κ1) is 17.2. The maximum absolute atomic E-state index is 12.3. The SMILES string of the molecule is CC(C)c1ccc2c(c1)[C@H](NC(=O)C(=O)Nc1cnn(C)c1)CCC2. The molecule has 3 rings (SSSR count). The second-order valence-corrected chi connectivity index (χ2v) is 6.89. The van der Waals surface area contributed by atoms with Gasteiger partial charge in [-0.05, 0) is 41.9 Å². The Morgan fingerprint density at radius 1 is 1.28 bits per heavy atom. The fourth-order valence-corrected chi connectivity index (χ4v) is 3.22. The number of hydrogen-bond donors (Lipinski definition) is 2. The lowest BCUT2D eigenvalue weighted by atomic mass is 9.85. The van der Waals surface area contributed by atoms with E-state index in [2.05, 4.69) is 47.8 Å². The Bertz CT molecular complexity index is 794. The van der Waals surface area contributed by atoms with Crippen LogP contribution in [-0.4, -0.2) is 21.6 Å². The van der Waals surface area contributed by atoms with Crippen molar-refractivity contribution < 1.29 is 9.59 Å². The molecule has 1 atom stereocenters. The molecule has 0 radical (unpaired) electrons. The number of anilines is 1. The molecule has 25 heavy (non-hydrogen) atoms. The second kappa shape index (κ2) is 7.09. The van der Waals surface area contributed by atoms with E-state index in [9.17, 15) is 9.59 Å². The van der Waals surface area contributed by atoms with Crippen LogP contribution in [0.2, 0.25) is 0 Å². The van der Waals surface area contributed by atoms with Gasteiger partial charge in [-0.1, -0.05) is 32.0 Å². The van der Waals surface area contributed by atoms with Crippen LogP contribution in [0.5, 0.6) is 0 Å². The smallest absolute Gasteiger partial charge is 0.313 e. The third-order valence-electron chi connectivity index (χ3n) is 4.63. The van der Waals surface area contributed by atoms with Gasteiger partial charge in [-0.25, -0.2) is 0 Å². The Morgan fingerprint density at radius 2 is 2.08 bits per heavy atom. The van der Waals surface area contributed by atoms with Gasteiger partial charge >= 0.3 is 11.8 Å². The summed E-state index contributed by atoms with van der Waals surface area (Å²) in [6.07, 6.45) is 6.03. The van der Waals surface area contributed by atoms with Crippen LogP contribution in [0.4, 0.5) is 5.69 Å². The summed E-state index contributed by atoms with van der Waals surface area (Å²) in [6, 6.07) is 6.36. The molecule has 0 aliphatic heterocycles. The fourth-order valence-electron chi connectivity index (χ4n) is 3.22. The van der Waals surface area contributed by atoms with Gasteiger partial charge in [0.1, 0.15) is 0 Å². The predicted molar refractivity (Wildman–Crippen MR) is 96.2 cm³/mol. The molecule has 1 heterocycles. The maximum Gasteiger partial charge on any atom is 0.313 e. The Kier molecular flexibility index (Phi) is 4.88. The van der Waals surface area contributed by atoms with Gasteiger partial charge in [-0.15, -0.1) is 0 Å². The second-order valence-electron chi connectivity index (χ2n) is 6.89. The maximum atomic E-state index is 12.3. The van der Waals surface area contributed by atoms with E-state index in [0.29, 0.717) is 11.6 Å². The lowest BCUT2D eigenvalue weighted by molar-refractivity contribution is -0.136. The highest BCUT2D eigenvalue weighted by Gasteiger charge is 2.25. The molecule has 0 bridgehead atoms. The summed E-state index contributed by atoms with van der Waals surface area (Å²) in [7, 11) is 1.75. The van der Waals surface area contributed by atoms with Crippen molar-refractivity contribution in [2.75, 3.05) is 5.32 Å². The largest absolute Gasteiger partial charge is 0.341 e. The summed E-state index contributed by atoms with van der Waals surface area (Å²) in [4.78, 5) is 24.4. The summed E-state index contributed by atoms with van der Waals surface area (Å²) in [6.45, 7) is 4.30. The molecular weight excluding hydrogens is 316 g/mol. The molecule has 6 nitrogen and oxygen atoms in total. The van der Waals surface area contributed by atoms with Gasteiger partial charge in [0.25, 0.3) is 0 Å². The highest BCUT2D eigenvalue weighted by molar-refractivity contribution is 6.39. The van der Waals surface area contributed by atoms with Gasteiger partial charge in [0.15, 0.2) is 0 Å². The van der Waals surface area contributed by atoms with Crippen molar-refractivity contribution in [3.8, 4) is 0 Å². The van der Waals surface area contributed by atoms with E-state index in [1.807, 2.05) is 0 Å². The van der Waals surface area contributed by atoms with Gasteiger partial charge in [-0.2, -0.15) is 5.10 Å². The van der Waals surface area contributed by atoms with Crippen LogP contribution in [-0.2, 0) is 23.1 Å². The topological polar surface area (TPSA) is 76.0 Å². The standard InChI is InChI=1S/C19H24N4O2/c1-12(2)14-8-7-13-5-4-6-17(16(13)9-14)22-19(25)18(24)21-15-10-20-23(3)11-15/h7-12,17H,4-6H2,1-3H3,(H,21,24)(H,22,25)/t17-/m1/s1. The molecule has 0 fully saturated rings. The van der Waals surface area contributed by atoms with Crippen LogP contribution in [0.15, 0.2) is 30.6 Å². The van der Waals surface area contributed by atoms with Crippen LogP contribution in [0.25, 0.3) is 0 Å². The minimum absolute atomic E-state index is 0.116. The molecule has 1 aromatic heterocycles. The van der Waals surface area contributed by atoms with E-state index in [1.54, 1.807) is 17.9 Å². The minimum atomic E-state index is -0.667. The van der Waals surface area contributed by atoms with E-state index in [0.717, 1.165) is 24.8 Å². The first-order valence-corrected chi connectivity index (χ1v) is 8.67. The van der Waals surface area contributed by atoms with E-state index < -0.39 is 11.8 Å². The number of amides is 2. The Hall–Kier alpha value is -2.63.